The van der Waals surface area contributed by atoms with Gasteiger partial charge in [0.15, 0.2) is 5.69 Å². The number of halogens is 3. The third-order valence-corrected chi connectivity index (χ3v) is 3.55. The number of fused-ring (bicyclic) bond motifs is 1. The summed E-state index contributed by atoms with van der Waals surface area (Å²) in [6.07, 6.45) is -1.05. The second kappa shape index (κ2) is 5.15. The lowest BCUT2D eigenvalue weighted by atomic mass is 10.0. The first-order valence-electron chi connectivity index (χ1n) is 6.69. The number of carboxylic acid groups (broad SMARTS) is 1. The van der Waals surface area contributed by atoms with Crippen molar-refractivity contribution in [2.75, 3.05) is 0 Å². The first-order chi connectivity index (χ1) is 10.4. The van der Waals surface area contributed by atoms with E-state index in [0.29, 0.717) is 24.2 Å². The summed E-state index contributed by atoms with van der Waals surface area (Å²) in [5.41, 5.74) is 0.634. The fraction of sp³-hybridized carbons (Fsp3) is 0.462. The largest absolute Gasteiger partial charge is 0.476 e. The number of aryl methyl sites for hydroxylation is 1. The van der Waals surface area contributed by atoms with Crippen LogP contribution in [0.5, 0.6) is 0 Å². The molecular weight excluding hydrogens is 303 g/mol. The average molecular weight is 315 g/mol. The lowest BCUT2D eigenvalue weighted by molar-refractivity contribution is -0.147. The Morgan fingerprint density at radius 1 is 1.32 bits per heavy atom. The highest BCUT2D eigenvalue weighted by atomic mass is 19.4. The molecule has 2 aromatic rings. The Kier molecular flexibility index (Phi) is 3.42. The summed E-state index contributed by atoms with van der Waals surface area (Å²) in [7, 11) is 0. The van der Waals surface area contributed by atoms with Gasteiger partial charge in [-0.3, -0.25) is 0 Å². The smallest absolute Gasteiger partial charge is 0.449 e. The molecule has 22 heavy (non-hydrogen) atoms. The van der Waals surface area contributed by atoms with Crippen LogP contribution in [0.2, 0.25) is 0 Å². The van der Waals surface area contributed by atoms with Crippen molar-refractivity contribution in [3.05, 3.63) is 35.1 Å². The molecule has 0 radical (unpaired) electrons. The van der Waals surface area contributed by atoms with E-state index in [0.717, 1.165) is 23.7 Å². The van der Waals surface area contributed by atoms with Crippen LogP contribution in [0.1, 0.15) is 46.4 Å². The summed E-state index contributed by atoms with van der Waals surface area (Å²) in [4.78, 5) is 18.1. The molecule has 0 amide bonds. The zero-order chi connectivity index (χ0) is 15.9. The zero-order valence-corrected chi connectivity index (χ0v) is 11.4. The molecule has 6 nitrogen and oxygen atoms in total. The molecule has 0 saturated heterocycles. The second-order valence-corrected chi connectivity index (χ2v) is 5.05. The highest BCUT2D eigenvalue weighted by molar-refractivity contribution is 5.84. The van der Waals surface area contributed by atoms with Gasteiger partial charge in [0, 0.05) is 5.69 Å². The van der Waals surface area contributed by atoms with Crippen LogP contribution < -0.4 is 0 Å². The highest BCUT2D eigenvalue weighted by Gasteiger charge is 2.39. The van der Waals surface area contributed by atoms with E-state index in [4.69, 9.17) is 9.52 Å². The van der Waals surface area contributed by atoms with Crippen LogP contribution in [0.3, 0.4) is 0 Å². The number of nitrogens with zero attached hydrogens (tertiary/aromatic N) is 3. The van der Waals surface area contributed by atoms with Crippen LogP contribution in [0.4, 0.5) is 13.2 Å². The van der Waals surface area contributed by atoms with E-state index >= 15 is 0 Å². The maximum Gasteiger partial charge on any atom is 0.449 e. The third kappa shape index (κ3) is 2.58. The monoisotopic (exact) mass is 315 g/mol. The molecule has 2 heterocycles. The molecule has 118 valence electrons. The van der Waals surface area contributed by atoms with Gasteiger partial charge in [0.1, 0.15) is 12.8 Å². The van der Waals surface area contributed by atoms with Gasteiger partial charge in [-0.2, -0.15) is 13.2 Å². The molecule has 0 saturated carbocycles. The van der Waals surface area contributed by atoms with Gasteiger partial charge in [-0.25, -0.2) is 14.8 Å². The Morgan fingerprint density at radius 2 is 2.05 bits per heavy atom. The molecule has 0 aliphatic heterocycles. The van der Waals surface area contributed by atoms with Gasteiger partial charge in [0.2, 0.25) is 11.7 Å². The maximum atomic E-state index is 13.1. The quantitative estimate of drug-likeness (QED) is 0.941. The minimum atomic E-state index is -4.58. The SMILES string of the molecule is O=C(O)c1coc(Cn2c(C(F)(F)F)nc3c2CCCC3)n1. The predicted molar refractivity (Wildman–Crippen MR) is 66.4 cm³/mol. The number of rotatable bonds is 3. The van der Waals surface area contributed by atoms with E-state index in [1.54, 1.807) is 0 Å². The molecule has 0 atom stereocenters. The van der Waals surface area contributed by atoms with Crippen LogP contribution in [0.15, 0.2) is 10.7 Å². The Labute approximate surface area is 122 Å². The van der Waals surface area contributed by atoms with Crippen molar-refractivity contribution in [1.82, 2.24) is 14.5 Å². The number of carboxylic acids is 1. The van der Waals surface area contributed by atoms with Crippen molar-refractivity contribution in [1.29, 1.82) is 0 Å². The summed E-state index contributed by atoms with van der Waals surface area (Å²) in [6.45, 7) is -0.287. The first kappa shape index (κ1) is 14.6. The number of aromatic carboxylic acids is 1. The van der Waals surface area contributed by atoms with Crippen LogP contribution in [0, 0.1) is 0 Å². The molecule has 9 heteroatoms. The van der Waals surface area contributed by atoms with Gasteiger partial charge in [0.25, 0.3) is 0 Å². The van der Waals surface area contributed by atoms with Gasteiger partial charge in [-0.15, -0.1) is 0 Å². The van der Waals surface area contributed by atoms with Crippen molar-refractivity contribution >= 4 is 5.97 Å². The number of hydrogen-bond acceptors (Lipinski definition) is 4. The topological polar surface area (TPSA) is 81.1 Å². The summed E-state index contributed by atoms with van der Waals surface area (Å²) in [5, 5.41) is 8.78. The predicted octanol–water partition coefficient (Wildman–Crippen LogP) is 2.52. The van der Waals surface area contributed by atoms with E-state index in [2.05, 4.69) is 9.97 Å². The van der Waals surface area contributed by atoms with Crippen molar-refractivity contribution in [3.63, 3.8) is 0 Å². The van der Waals surface area contributed by atoms with E-state index in [1.807, 2.05) is 0 Å². The van der Waals surface area contributed by atoms with Crippen LogP contribution in [0.25, 0.3) is 0 Å². The molecule has 0 unspecified atom stereocenters. The fourth-order valence-electron chi connectivity index (χ4n) is 2.60. The summed E-state index contributed by atoms with van der Waals surface area (Å²) >= 11 is 0. The van der Waals surface area contributed by atoms with Gasteiger partial charge in [-0.05, 0) is 25.7 Å². The van der Waals surface area contributed by atoms with Crippen molar-refractivity contribution < 1.29 is 27.5 Å². The maximum absolute atomic E-state index is 13.1. The van der Waals surface area contributed by atoms with Crippen LogP contribution in [-0.2, 0) is 25.6 Å². The van der Waals surface area contributed by atoms with E-state index in [1.165, 1.54) is 0 Å². The summed E-state index contributed by atoms with van der Waals surface area (Å²) in [5.74, 6) is -2.37. The Bertz CT molecular complexity index is 718. The van der Waals surface area contributed by atoms with Crippen molar-refractivity contribution in [3.8, 4) is 0 Å². The van der Waals surface area contributed by atoms with Crippen molar-refractivity contribution in [2.24, 2.45) is 0 Å². The van der Waals surface area contributed by atoms with Crippen LogP contribution in [-0.4, -0.2) is 25.6 Å². The van der Waals surface area contributed by atoms with Crippen molar-refractivity contribution in [2.45, 2.75) is 38.4 Å². The molecular formula is C13H12F3N3O3. The van der Waals surface area contributed by atoms with Gasteiger partial charge >= 0.3 is 12.1 Å². The molecule has 0 aromatic carbocycles. The van der Waals surface area contributed by atoms with Gasteiger partial charge in [0.05, 0.1) is 5.69 Å². The lowest BCUT2D eigenvalue weighted by Gasteiger charge is -2.14. The standard InChI is InChI=1S/C13H12F3N3O3/c14-13(15,16)12-18-7-3-1-2-4-9(7)19(12)5-10-17-8(6-22-10)11(20)21/h6H,1-5H2,(H,20,21). The molecule has 0 fully saturated rings. The number of carbonyl (C=O) groups is 1. The Balaban J connectivity index is 2.00. The Hall–Kier alpha value is -2.32. The third-order valence-electron chi connectivity index (χ3n) is 3.55. The molecule has 2 aromatic heterocycles. The number of hydrogen-bond donors (Lipinski definition) is 1. The van der Waals surface area contributed by atoms with E-state index in [-0.39, 0.29) is 18.1 Å². The average Bonchev–Trinajstić information content (AvgIpc) is 3.04. The van der Waals surface area contributed by atoms with Gasteiger partial charge in [-0.1, -0.05) is 0 Å². The van der Waals surface area contributed by atoms with Gasteiger partial charge < -0.3 is 14.1 Å². The molecule has 0 bridgehead atoms. The minimum Gasteiger partial charge on any atom is -0.476 e. The zero-order valence-electron chi connectivity index (χ0n) is 11.4. The van der Waals surface area contributed by atoms with Crippen LogP contribution >= 0.6 is 0 Å². The summed E-state index contributed by atoms with van der Waals surface area (Å²) in [6, 6.07) is 0. The molecule has 3 rings (SSSR count). The normalized spacial score (nSPS) is 14.9. The Morgan fingerprint density at radius 3 is 2.68 bits per heavy atom. The number of alkyl halides is 3. The fourth-order valence-corrected chi connectivity index (χ4v) is 2.60. The second-order valence-electron chi connectivity index (χ2n) is 5.05. The van der Waals surface area contributed by atoms with E-state index < -0.39 is 18.0 Å². The molecule has 1 aliphatic carbocycles. The highest BCUT2D eigenvalue weighted by Crippen LogP contribution is 2.33. The number of imidazole rings is 1. The van der Waals surface area contributed by atoms with E-state index in [9.17, 15) is 18.0 Å². The minimum absolute atomic E-state index is 0.0892. The first-order valence-corrected chi connectivity index (χ1v) is 6.69. The number of aromatic nitrogens is 3. The molecule has 1 N–H and O–H groups in total. The summed E-state index contributed by atoms with van der Waals surface area (Å²) < 4.78 is 45.4. The number of oxazole rings is 1. The molecule has 1 aliphatic rings. The molecule has 0 spiro atoms. The lowest BCUT2D eigenvalue weighted by Crippen LogP contribution is -2.18.